The van der Waals surface area contributed by atoms with Crippen molar-refractivity contribution in [3.8, 4) is 0 Å². The molecule has 0 radical (unpaired) electrons. The number of aromatic nitrogens is 1. The van der Waals surface area contributed by atoms with Crippen molar-refractivity contribution in [3.05, 3.63) is 101 Å². The fraction of sp³-hybridized carbons (Fsp3) is 0.314. The second kappa shape index (κ2) is 10.7. The number of carbonyl (C=O) groups is 4. The number of urea groups is 1. The van der Waals surface area contributed by atoms with Gasteiger partial charge in [-0.25, -0.2) is 9.69 Å². The quantitative estimate of drug-likeness (QED) is 0.289. The highest BCUT2D eigenvalue weighted by Crippen LogP contribution is 2.45. The van der Waals surface area contributed by atoms with Crippen LogP contribution in [0.5, 0.6) is 0 Å². The zero-order chi connectivity index (χ0) is 30.7. The third-order valence-electron chi connectivity index (χ3n) is 9.47. The molecule has 2 atom stereocenters. The number of carboxylic acid groups (broad SMARTS) is 1. The van der Waals surface area contributed by atoms with E-state index in [0.29, 0.717) is 38.3 Å². The summed E-state index contributed by atoms with van der Waals surface area (Å²) in [5.41, 5.74) is 5.47. The van der Waals surface area contributed by atoms with Gasteiger partial charge < -0.3 is 15.0 Å². The molecule has 9 heteroatoms. The number of carbonyl (C=O) groups excluding carboxylic acids is 3. The van der Waals surface area contributed by atoms with Gasteiger partial charge in [0.05, 0.1) is 17.2 Å². The van der Waals surface area contributed by atoms with Crippen molar-refractivity contribution in [3.63, 3.8) is 0 Å². The molecule has 7 rings (SSSR count). The number of aliphatic carboxylic acids is 1. The fourth-order valence-electron chi connectivity index (χ4n) is 7.06. The summed E-state index contributed by atoms with van der Waals surface area (Å²) in [5.74, 6) is -1.66. The SMILES string of the molecule is CC(C)c1ccc([C@H]2c3[nH]c4ccccc4c3C[C@H]3C(=O)N(c4ccccc4C(=O)N4CCC(C(=O)O)CC4)C(=O)N23)cc1. The Balaban J connectivity index is 1.28. The zero-order valence-electron chi connectivity index (χ0n) is 24.7. The maximum atomic E-state index is 14.4. The van der Waals surface area contributed by atoms with Crippen LogP contribution in [0.4, 0.5) is 10.5 Å². The predicted molar refractivity (Wildman–Crippen MR) is 166 cm³/mol. The number of piperidine rings is 1. The molecule has 0 spiro atoms. The van der Waals surface area contributed by atoms with Crippen LogP contribution in [0.2, 0.25) is 0 Å². The molecule has 9 nitrogen and oxygen atoms in total. The van der Waals surface area contributed by atoms with E-state index in [2.05, 4.69) is 31.0 Å². The van der Waals surface area contributed by atoms with Gasteiger partial charge in [-0.15, -0.1) is 0 Å². The molecule has 2 N–H and O–H groups in total. The molecule has 3 aliphatic heterocycles. The number of hydrogen-bond donors (Lipinski definition) is 2. The second-order valence-corrected chi connectivity index (χ2v) is 12.3. The first-order valence-corrected chi connectivity index (χ1v) is 15.2. The van der Waals surface area contributed by atoms with Crippen LogP contribution in [-0.2, 0) is 16.0 Å². The Morgan fingerprint density at radius 2 is 1.59 bits per heavy atom. The van der Waals surface area contributed by atoms with Gasteiger partial charge in [0.15, 0.2) is 0 Å². The number of nitrogens with one attached hydrogen (secondary N) is 1. The Morgan fingerprint density at radius 3 is 2.30 bits per heavy atom. The number of para-hydroxylation sites is 2. The third kappa shape index (κ3) is 4.37. The molecular weight excluding hydrogens is 556 g/mol. The minimum Gasteiger partial charge on any atom is -0.481 e. The first kappa shape index (κ1) is 27.9. The molecule has 4 heterocycles. The van der Waals surface area contributed by atoms with Crippen molar-refractivity contribution in [1.82, 2.24) is 14.8 Å². The van der Waals surface area contributed by atoms with Crippen LogP contribution < -0.4 is 4.90 Å². The molecule has 2 fully saturated rings. The van der Waals surface area contributed by atoms with Crippen LogP contribution in [0.1, 0.15) is 71.4 Å². The Labute approximate surface area is 255 Å². The van der Waals surface area contributed by atoms with E-state index in [-0.39, 0.29) is 23.1 Å². The van der Waals surface area contributed by atoms with Crippen LogP contribution >= 0.6 is 0 Å². The highest BCUT2D eigenvalue weighted by Gasteiger charge is 2.53. The van der Waals surface area contributed by atoms with Crippen molar-refractivity contribution in [2.24, 2.45) is 5.92 Å². The number of benzene rings is 3. The number of H-pyrrole nitrogens is 1. The molecule has 1 aromatic heterocycles. The van der Waals surface area contributed by atoms with E-state index in [1.165, 1.54) is 10.5 Å². The number of rotatable bonds is 5. The van der Waals surface area contributed by atoms with Gasteiger partial charge >= 0.3 is 12.0 Å². The molecule has 44 heavy (non-hydrogen) atoms. The maximum absolute atomic E-state index is 14.4. The maximum Gasteiger partial charge on any atom is 0.332 e. The van der Waals surface area contributed by atoms with Crippen LogP contribution in [0.3, 0.4) is 0 Å². The van der Waals surface area contributed by atoms with Gasteiger partial charge in [-0.3, -0.25) is 19.3 Å². The molecule has 3 aromatic carbocycles. The summed E-state index contributed by atoms with van der Waals surface area (Å²) >= 11 is 0. The Kier molecular flexibility index (Phi) is 6.76. The minimum absolute atomic E-state index is 0.254. The van der Waals surface area contributed by atoms with E-state index in [1.54, 1.807) is 34.1 Å². The third-order valence-corrected chi connectivity index (χ3v) is 9.47. The average Bonchev–Trinajstić information content (AvgIpc) is 3.53. The van der Waals surface area contributed by atoms with Crippen molar-refractivity contribution in [2.45, 2.75) is 51.1 Å². The monoisotopic (exact) mass is 590 g/mol. The van der Waals surface area contributed by atoms with Gasteiger partial charge in [0.25, 0.3) is 11.8 Å². The van der Waals surface area contributed by atoms with Crippen molar-refractivity contribution in [2.75, 3.05) is 18.0 Å². The van der Waals surface area contributed by atoms with Crippen molar-refractivity contribution < 1.29 is 24.3 Å². The number of aromatic amines is 1. The summed E-state index contributed by atoms with van der Waals surface area (Å²) in [7, 11) is 0. The molecule has 4 aromatic rings. The number of amides is 4. The van der Waals surface area contributed by atoms with Crippen LogP contribution in [0.25, 0.3) is 10.9 Å². The summed E-state index contributed by atoms with van der Waals surface area (Å²) < 4.78 is 0. The van der Waals surface area contributed by atoms with Crippen molar-refractivity contribution >= 4 is 40.4 Å². The number of anilines is 1. The lowest BCUT2D eigenvalue weighted by molar-refractivity contribution is -0.143. The van der Waals surface area contributed by atoms with E-state index in [0.717, 1.165) is 27.7 Å². The van der Waals surface area contributed by atoms with Gasteiger partial charge in [-0.05, 0) is 53.6 Å². The molecule has 224 valence electrons. The standard InChI is InChI=1S/C35H34N4O5/c1-20(2)21-11-13-22(14-12-21)31-30-26(24-7-3-5-9-27(24)36-30)19-29-33(41)39(35(44)38(29)31)28-10-6-4-8-25(28)32(40)37-17-15-23(16-18-37)34(42)43/h3-14,20,23,29,31,36H,15-19H2,1-2H3,(H,42,43)/t29-,31-/m0/s1. The Bertz CT molecular complexity index is 1800. The van der Waals surface area contributed by atoms with Crippen LogP contribution in [0, 0.1) is 5.92 Å². The van der Waals surface area contributed by atoms with Gasteiger partial charge in [0, 0.05) is 36.1 Å². The van der Waals surface area contributed by atoms with Gasteiger partial charge in [0.2, 0.25) is 0 Å². The van der Waals surface area contributed by atoms with Crippen molar-refractivity contribution in [1.29, 1.82) is 0 Å². The lowest BCUT2D eigenvalue weighted by Crippen LogP contribution is -2.44. The van der Waals surface area contributed by atoms with Crippen LogP contribution in [-0.4, -0.2) is 62.8 Å². The number of likely N-dealkylation sites (tertiary alicyclic amines) is 1. The summed E-state index contributed by atoms with van der Waals surface area (Å²) in [6.45, 7) is 4.87. The lowest BCUT2D eigenvalue weighted by atomic mass is 9.88. The smallest absolute Gasteiger partial charge is 0.332 e. The highest BCUT2D eigenvalue weighted by molar-refractivity contribution is 6.24. The first-order chi connectivity index (χ1) is 21.2. The highest BCUT2D eigenvalue weighted by atomic mass is 16.4. The number of hydrogen-bond acceptors (Lipinski definition) is 4. The Morgan fingerprint density at radius 1 is 0.909 bits per heavy atom. The predicted octanol–water partition coefficient (Wildman–Crippen LogP) is 5.71. The topological polar surface area (TPSA) is 114 Å². The minimum atomic E-state index is -0.853. The summed E-state index contributed by atoms with van der Waals surface area (Å²) in [4.78, 5) is 61.9. The number of imide groups is 1. The second-order valence-electron chi connectivity index (χ2n) is 12.3. The van der Waals surface area contributed by atoms with E-state index in [1.807, 2.05) is 36.4 Å². The Hall–Kier alpha value is -4.92. The summed E-state index contributed by atoms with van der Waals surface area (Å²) in [6, 6.07) is 21.2. The number of carboxylic acids is 1. The molecular formula is C35H34N4O5. The molecule has 3 aliphatic rings. The molecule has 0 unspecified atom stereocenters. The lowest BCUT2D eigenvalue weighted by Gasteiger charge is -2.36. The fourth-order valence-corrected chi connectivity index (χ4v) is 7.06. The molecule has 0 aliphatic carbocycles. The van der Waals surface area contributed by atoms with Gasteiger partial charge in [-0.1, -0.05) is 68.4 Å². The van der Waals surface area contributed by atoms with Crippen LogP contribution in [0.15, 0.2) is 72.8 Å². The van der Waals surface area contributed by atoms with E-state index in [9.17, 15) is 24.3 Å². The zero-order valence-corrected chi connectivity index (χ0v) is 24.7. The van der Waals surface area contributed by atoms with E-state index >= 15 is 0 Å². The normalized spacial score (nSPS) is 20.4. The molecule has 4 amide bonds. The number of nitrogens with zero attached hydrogens (tertiary/aromatic N) is 3. The number of fused-ring (bicyclic) bond motifs is 4. The van der Waals surface area contributed by atoms with Gasteiger partial charge in [0.1, 0.15) is 12.1 Å². The van der Waals surface area contributed by atoms with E-state index in [4.69, 9.17) is 0 Å². The summed E-state index contributed by atoms with van der Waals surface area (Å²) in [6.07, 6.45) is 1.09. The average molecular weight is 591 g/mol. The van der Waals surface area contributed by atoms with E-state index < -0.39 is 30.0 Å². The molecule has 0 bridgehead atoms. The molecule has 0 saturated carbocycles. The largest absolute Gasteiger partial charge is 0.481 e. The first-order valence-electron chi connectivity index (χ1n) is 15.2. The van der Waals surface area contributed by atoms with Gasteiger partial charge in [-0.2, -0.15) is 0 Å². The molecule has 2 saturated heterocycles. The summed E-state index contributed by atoms with van der Waals surface area (Å²) in [5, 5.41) is 10.4.